The number of hydrogen-bond donors (Lipinski definition) is 1. The molecule has 6 heteroatoms. The molecule has 0 aliphatic heterocycles. The highest BCUT2D eigenvalue weighted by Gasteiger charge is 2.11. The maximum atomic E-state index is 6.09. The molecule has 0 amide bonds. The van der Waals surface area contributed by atoms with Crippen LogP contribution in [0.5, 0.6) is 0 Å². The Morgan fingerprint density at radius 1 is 1.05 bits per heavy atom. The lowest BCUT2D eigenvalue weighted by Crippen LogP contribution is -2.11. The van der Waals surface area contributed by atoms with E-state index >= 15 is 0 Å². The van der Waals surface area contributed by atoms with Gasteiger partial charge in [-0.05, 0) is 17.7 Å². The molecule has 0 saturated heterocycles. The van der Waals surface area contributed by atoms with Crippen molar-refractivity contribution in [3.63, 3.8) is 0 Å². The Morgan fingerprint density at radius 2 is 1.86 bits per heavy atom. The van der Waals surface area contributed by atoms with Gasteiger partial charge in [-0.2, -0.15) is 0 Å². The maximum absolute atomic E-state index is 6.09. The molecular formula is C15H13BrN4S. The van der Waals surface area contributed by atoms with Gasteiger partial charge in [0, 0.05) is 15.8 Å². The number of nitrogens with zero attached hydrogens (tertiary/aromatic N) is 3. The molecule has 1 aromatic heterocycles. The summed E-state index contributed by atoms with van der Waals surface area (Å²) < 4.78 is 2.61. The van der Waals surface area contributed by atoms with Crippen LogP contribution in [-0.2, 0) is 5.75 Å². The smallest absolute Gasteiger partial charge is 0.210 e. The molecule has 2 N–H and O–H groups in total. The molecule has 3 aromatic rings. The Morgan fingerprint density at radius 3 is 2.62 bits per heavy atom. The Kier molecular flexibility index (Phi) is 4.26. The Hall–Kier alpha value is -1.79. The van der Waals surface area contributed by atoms with Crippen LogP contribution in [0.15, 0.2) is 64.2 Å². The summed E-state index contributed by atoms with van der Waals surface area (Å²) in [5.74, 6) is 7.56. The van der Waals surface area contributed by atoms with Gasteiger partial charge in [-0.1, -0.05) is 70.2 Å². The molecule has 0 saturated carbocycles. The minimum Gasteiger partial charge on any atom is -0.335 e. The number of aromatic nitrogens is 3. The molecular weight excluding hydrogens is 348 g/mol. The lowest BCUT2D eigenvalue weighted by molar-refractivity contribution is 0.849. The Bertz CT molecular complexity index is 742. The first-order chi connectivity index (χ1) is 10.2. The standard InChI is InChI=1S/C15H13BrN4S/c16-13-8-4-5-11(9-13)10-21-15-19-18-14(20(15)17)12-6-2-1-3-7-12/h1-9H,10,17H2. The summed E-state index contributed by atoms with van der Waals surface area (Å²) in [6.45, 7) is 0. The van der Waals surface area contributed by atoms with Gasteiger partial charge in [-0.25, -0.2) is 4.68 Å². The van der Waals surface area contributed by atoms with Crippen molar-refractivity contribution in [3.05, 3.63) is 64.6 Å². The van der Waals surface area contributed by atoms with Gasteiger partial charge in [0.25, 0.3) is 0 Å². The first kappa shape index (κ1) is 14.2. The van der Waals surface area contributed by atoms with Crippen LogP contribution >= 0.6 is 27.7 Å². The average molecular weight is 361 g/mol. The van der Waals surface area contributed by atoms with Crippen LogP contribution in [0.1, 0.15) is 5.56 Å². The fourth-order valence-electron chi connectivity index (χ4n) is 1.93. The molecule has 3 rings (SSSR count). The molecule has 2 aromatic carbocycles. The Labute approximate surface area is 135 Å². The minimum atomic E-state index is 0.673. The van der Waals surface area contributed by atoms with E-state index in [1.54, 1.807) is 11.8 Å². The highest BCUT2D eigenvalue weighted by Crippen LogP contribution is 2.25. The van der Waals surface area contributed by atoms with Crippen LogP contribution in [0.2, 0.25) is 0 Å². The largest absolute Gasteiger partial charge is 0.335 e. The third-order valence-electron chi connectivity index (χ3n) is 2.95. The van der Waals surface area contributed by atoms with Gasteiger partial charge < -0.3 is 5.84 Å². The number of hydrogen-bond acceptors (Lipinski definition) is 4. The van der Waals surface area contributed by atoms with E-state index in [9.17, 15) is 0 Å². The SMILES string of the molecule is Nn1c(SCc2cccc(Br)c2)nnc1-c1ccccc1. The van der Waals surface area contributed by atoms with Gasteiger partial charge in [0.05, 0.1) is 0 Å². The van der Waals surface area contributed by atoms with Crippen LogP contribution in [0.3, 0.4) is 0 Å². The van der Waals surface area contributed by atoms with E-state index in [1.807, 2.05) is 42.5 Å². The summed E-state index contributed by atoms with van der Waals surface area (Å²) in [5.41, 5.74) is 2.17. The third-order valence-corrected chi connectivity index (χ3v) is 4.46. The van der Waals surface area contributed by atoms with Gasteiger partial charge in [-0.3, -0.25) is 0 Å². The molecule has 0 fully saturated rings. The van der Waals surface area contributed by atoms with Crippen molar-refractivity contribution in [3.8, 4) is 11.4 Å². The fourth-order valence-corrected chi connectivity index (χ4v) is 3.18. The van der Waals surface area contributed by atoms with Crippen LogP contribution < -0.4 is 5.84 Å². The van der Waals surface area contributed by atoms with Crippen molar-refractivity contribution in [2.45, 2.75) is 10.9 Å². The second-order valence-electron chi connectivity index (χ2n) is 4.46. The zero-order valence-electron chi connectivity index (χ0n) is 11.1. The normalized spacial score (nSPS) is 10.7. The highest BCUT2D eigenvalue weighted by atomic mass is 79.9. The topological polar surface area (TPSA) is 56.7 Å². The second-order valence-corrected chi connectivity index (χ2v) is 6.32. The molecule has 106 valence electrons. The first-order valence-corrected chi connectivity index (χ1v) is 8.15. The zero-order valence-corrected chi connectivity index (χ0v) is 13.5. The Balaban J connectivity index is 1.77. The van der Waals surface area contributed by atoms with E-state index < -0.39 is 0 Å². The van der Waals surface area contributed by atoms with E-state index in [4.69, 9.17) is 5.84 Å². The van der Waals surface area contributed by atoms with Crippen LogP contribution in [0, 0.1) is 0 Å². The average Bonchev–Trinajstić information content (AvgIpc) is 2.87. The highest BCUT2D eigenvalue weighted by molar-refractivity contribution is 9.10. The molecule has 4 nitrogen and oxygen atoms in total. The summed E-state index contributed by atoms with van der Waals surface area (Å²) in [4.78, 5) is 0. The number of nitrogens with two attached hydrogens (primary N) is 1. The summed E-state index contributed by atoms with van der Waals surface area (Å²) >= 11 is 5.04. The van der Waals surface area contributed by atoms with Gasteiger partial charge in [0.1, 0.15) is 0 Å². The van der Waals surface area contributed by atoms with E-state index in [-0.39, 0.29) is 0 Å². The summed E-state index contributed by atoms with van der Waals surface area (Å²) in [5, 5.41) is 9.05. The molecule has 0 aliphatic carbocycles. The van der Waals surface area contributed by atoms with Gasteiger partial charge in [-0.15, -0.1) is 10.2 Å². The number of nitrogen functional groups attached to an aromatic ring is 1. The van der Waals surface area contributed by atoms with Crippen molar-refractivity contribution in [1.29, 1.82) is 0 Å². The van der Waals surface area contributed by atoms with Crippen molar-refractivity contribution in [1.82, 2.24) is 14.9 Å². The minimum absolute atomic E-state index is 0.673. The predicted molar refractivity (Wildman–Crippen MR) is 89.3 cm³/mol. The first-order valence-electron chi connectivity index (χ1n) is 6.37. The number of benzene rings is 2. The van der Waals surface area contributed by atoms with Crippen molar-refractivity contribution < 1.29 is 0 Å². The van der Waals surface area contributed by atoms with E-state index in [0.717, 1.165) is 15.8 Å². The van der Waals surface area contributed by atoms with Crippen LogP contribution in [0.4, 0.5) is 0 Å². The molecule has 0 spiro atoms. The van der Waals surface area contributed by atoms with E-state index in [1.165, 1.54) is 10.2 Å². The van der Waals surface area contributed by atoms with E-state index in [0.29, 0.717) is 11.0 Å². The summed E-state index contributed by atoms with van der Waals surface area (Å²) in [6.07, 6.45) is 0. The van der Waals surface area contributed by atoms with Crippen LogP contribution in [-0.4, -0.2) is 14.9 Å². The summed E-state index contributed by atoms with van der Waals surface area (Å²) in [7, 11) is 0. The number of rotatable bonds is 4. The molecule has 0 aliphatic rings. The lowest BCUT2D eigenvalue weighted by Gasteiger charge is -2.04. The number of thioether (sulfide) groups is 1. The van der Waals surface area contributed by atoms with E-state index in [2.05, 4.69) is 38.3 Å². The third kappa shape index (κ3) is 3.28. The quantitative estimate of drug-likeness (QED) is 0.569. The van der Waals surface area contributed by atoms with Crippen molar-refractivity contribution >= 4 is 27.7 Å². The fraction of sp³-hybridized carbons (Fsp3) is 0.0667. The zero-order chi connectivity index (χ0) is 14.7. The second kappa shape index (κ2) is 6.32. The van der Waals surface area contributed by atoms with Crippen molar-refractivity contribution in [2.24, 2.45) is 0 Å². The molecule has 0 bridgehead atoms. The van der Waals surface area contributed by atoms with Gasteiger partial charge >= 0.3 is 0 Å². The van der Waals surface area contributed by atoms with Gasteiger partial charge in [0.2, 0.25) is 5.16 Å². The van der Waals surface area contributed by atoms with Crippen molar-refractivity contribution in [2.75, 3.05) is 5.84 Å². The van der Waals surface area contributed by atoms with Crippen LogP contribution in [0.25, 0.3) is 11.4 Å². The molecule has 1 heterocycles. The molecule has 21 heavy (non-hydrogen) atoms. The molecule has 0 unspecified atom stereocenters. The number of halogens is 1. The summed E-state index contributed by atoms with van der Waals surface area (Å²) in [6, 6.07) is 18.0. The monoisotopic (exact) mass is 360 g/mol. The van der Waals surface area contributed by atoms with Gasteiger partial charge in [0.15, 0.2) is 5.82 Å². The maximum Gasteiger partial charge on any atom is 0.210 e. The molecule has 0 atom stereocenters. The lowest BCUT2D eigenvalue weighted by atomic mass is 10.2. The molecule has 0 radical (unpaired) electrons. The predicted octanol–water partition coefficient (Wildman–Crippen LogP) is 3.71.